The predicted molar refractivity (Wildman–Crippen MR) is 49.3 cm³/mol. The van der Waals surface area contributed by atoms with Gasteiger partial charge in [0.05, 0.1) is 18.8 Å². The van der Waals surface area contributed by atoms with Gasteiger partial charge in [0.25, 0.3) is 0 Å². The predicted octanol–water partition coefficient (Wildman–Crippen LogP) is 0.516. The zero-order chi connectivity index (χ0) is 10.4. The lowest BCUT2D eigenvalue weighted by Crippen LogP contribution is -2.38. The maximum atomic E-state index is 9.32. The molecule has 0 aliphatic heterocycles. The molecule has 0 heterocycles. The molecular formula is C9H20O4. The summed E-state index contributed by atoms with van der Waals surface area (Å²) in [5.41, 5.74) is 0. The highest BCUT2D eigenvalue weighted by Gasteiger charge is 2.22. The average Bonchev–Trinajstić information content (AvgIpc) is 2.00. The van der Waals surface area contributed by atoms with E-state index in [1.54, 1.807) is 0 Å². The summed E-state index contributed by atoms with van der Waals surface area (Å²) in [6.07, 6.45) is -1.80. The van der Waals surface area contributed by atoms with Gasteiger partial charge in [-0.1, -0.05) is 0 Å². The van der Waals surface area contributed by atoms with Gasteiger partial charge in [-0.25, -0.2) is 0 Å². The summed E-state index contributed by atoms with van der Waals surface area (Å²) in [5.74, 6) is 0. The zero-order valence-corrected chi connectivity index (χ0v) is 8.73. The van der Waals surface area contributed by atoms with Crippen LogP contribution in [0.1, 0.15) is 27.7 Å². The average molecular weight is 192 g/mol. The number of hydrogen-bond donors (Lipinski definition) is 2. The molecule has 0 aliphatic rings. The SMILES string of the molecule is CC(C)OC(OC(C)C)C(O)CO. The van der Waals surface area contributed by atoms with Crippen LogP contribution in [0.25, 0.3) is 0 Å². The van der Waals surface area contributed by atoms with Crippen LogP contribution in [-0.4, -0.2) is 41.4 Å². The quantitative estimate of drug-likeness (QED) is 0.602. The third-order valence-corrected chi connectivity index (χ3v) is 1.31. The van der Waals surface area contributed by atoms with E-state index >= 15 is 0 Å². The number of hydrogen-bond acceptors (Lipinski definition) is 4. The van der Waals surface area contributed by atoms with Crippen molar-refractivity contribution >= 4 is 0 Å². The molecule has 13 heavy (non-hydrogen) atoms. The Hall–Kier alpha value is -0.160. The number of ether oxygens (including phenoxy) is 2. The number of rotatable bonds is 6. The van der Waals surface area contributed by atoms with Gasteiger partial charge in [-0.2, -0.15) is 0 Å². The monoisotopic (exact) mass is 192 g/mol. The topological polar surface area (TPSA) is 58.9 Å². The van der Waals surface area contributed by atoms with Crippen LogP contribution in [0.4, 0.5) is 0 Å². The molecule has 0 radical (unpaired) electrons. The van der Waals surface area contributed by atoms with Gasteiger partial charge in [0.2, 0.25) is 0 Å². The van der Waals surface area contributed by atoms with Crippen LogP contribution >= 0.6 is 0 Å². The van der Waals surface area contributed by atoms with E-state index in [9.17, 15) is 5.11 Å². The van der Waals surface area contributed by atoms with Crippen LogP contribution in [0, 0.1) is 0 Å². The molecule has 1 unspecified atom stereocenters. The van der Waals surface area contributed by atoms with Gasteiger partial charge in [0.1, 0.15) is 6.10 Å². The van der Waals surface area contributed by atoms with Crippen molar-refractivity contribution in [3.05, 3.63) is 0 Å². The fraction of sp³-hybridized carbons (Fsp3) is 1.00. The van der Waals surface area contributed by atoms with Crippen LogP contribution in [-0.2, 0) is 9.47 Å². The second kappa shape index (κ2) is 6.32. The van der Waals surface area contributed by atoms with Crippen LogP contribution in [0.2, 0.25) is 0 Å². The Kier molecular flexibility index (Phi) is 6.24. The molecule has 2 N–H and O–H groups in total. The molecule has 0 spiro atoms. The maximum absolute atomic E-state index is 9.32. The summed E-state index contributed by atoms with van der Waals surface area (Å²) < 4.78 is 10.6. The Labute approximate surface area is 79.5 Å². The van der Waals surface area contributed by atoms with E-state index in [1.165, 1.54) is 0 Å². The molecular weight excluding hydrogens is 172 g/mol. The molecule has 0 aromatic carbocycles. The summed E-state index contributed by atoms with van der Waals surface area (Å²) in [4.78, 5) is 0. The molecule has 0 saturated carbocycles. The van der Waals surface area contributed by atoms with Crippen molar-refractivity contribution in [2.75, 3.05) is 6.61 Å². The van der Waals surface area contributed by atoms with E-state index in [4.69, 9.17) is 14.6 Å². The van der Waals surface area contributed by atoms with Crippen molar-refractivity contribution < 1.29 is 19.7 Å². The Balaban J connectivity index is 4.02. The van der Waals surface area contributed by atoms with E-state index in [0.717, 1.165) is 0 Å². The minimum atomic E-state index is -0.982. The molecule has 1 atom stereocenters. The number of aliphatic hydroxyl groups excluding tert-OH is 2. The minimum Gasteiger partial charge on any atom is -0.393 e. The lowest BCUT2D eigenvalue weighted by Gasteiger charge is -2.25. The van der Waals surface area contributed by atoms with Gasteiger partial charge in [-0.3, -0.25) is 0 Å². The van der Waals surface area contributed by atoms with Gasteiger partial charge in [-0.05, 0) is 27.7 Å². The molecule has 0 fully saturated rings. The molecule has 4 nitrogen and oxygen atoms in total. The Morgan fingerprint density at radius 1 is 1.00 bits per heavy atom. The lowest BCUT2D eigenvalue weighted by atomic mass is 10.3. The summed E-state index contributed by atoms with van der Waals surface area (Å²) in [6, 6.07) is 0. The highest BCUT2D eigenvalue weighted by atomic mass is 16.7. The largest absolute Gasteiger partial charge is 0.393 e. The first-order chi connectivity index (χ1) is 5.97. The van der Waals surface area contributed by atoms with E-state index in [0.29, 0.717) is 0 Å². The summed E-state index contributed by atoms with van der Waals surface area (Å²) in [7, 11) is 0. The Bertz CT molecular complexity index is 115. The molecule has 0 aromatic rings. The van der Waals surface area contributed by atoms with Gasteiger partial charge >= 0.3 is 0 Å². The third kappa shape index (κ3) is 5.99. The highest BCUT2D eigenvalue weighted by Crippen LogP contribution is 2.08. The third-order valence-electron chi connectivity index (χ3n) is 1.31. The van der Waals surface area contributed by atoms with E-state index < -0.39 is 12.4 Å². The van der Waals surface area contributed by atoms with Gasteiger partial charge < -0.3 is 19.7 Å². The van der Waals surface area contributed by atoms with Crippen molar-refractivity contribution in [2.45, 2.75) is 52.3 Å². The minimum absolute atomic E-state index is 0.0371. The lowest BCUT2D eigenvalue weighted by molar-refractivity contribution is -0.230. The van der Waals surface area contributed by atoms with Crippen molar-refractivity contribution in [3.63, 3.8) is 0 Å². The smallest absolute Gasteiger partial charge is 0.186 e. The van der Waals surface area contributed by atoms with Crippen molar-refractivity contribution in [3.8, 4) is 0 Å². The highest BCUT2D eigenvalue weighted by molar-refractivity contribution is 4.60. The second-order valence-corrected chi connectivity index (χ2v) is 3.49. The van der Waals surface area contributed by atoms with Crippen LogP contribution in [0.3, 0.4) is 0 Å². The van der Waals surface area contributed by atoms with E-state index in [-0.39, 0.29) is 18.8 Å². The summed E-state index contributed by atoms with van der Waals surface area (Å²) >= 11 is 0. The van der Waals surface area contributed by atoms with E-state index in [2.05, 4.69) is 0 Å². The molecule has 0 aliphatic carbocycles. The number of aliphatic hydroxyl groups is 2. The maximum Gasteiger partial charge on any atom is 0.186 e. The van der Waals surface area contributed by atoms with Crippen LogP contribution < -0.4 is 0 Å². The summed E-state index contributed by atoms with van der Waals surface area (Å²) in [6.45, 7) is 7.03. The first kappa shape index (κ1) is 12.8. The Morgan fingerprint density at radius 2 is 1.38 bits per heavy atom. The standard InChI is InChI=1S/C9H20O4/c1-6(2)12-9(8(11)5-10)13-7(3)4/h6-11H,5H2,1-4H3. The molecule has 0 rings (SSSR count). The molecule has 0 amide bonds. The molecule has 4 heteroatoms. The molecule has 80 valence electrons. The first-order valence-corrected chi connectivity index (χ1v) is 4.57. The van der Waals surface area contributed by atoms with Crippen molar-refractivity contribution in [1.29, 1.82) is 0 Å². The fourth-order valence-corrected chi connectivity index (χ4v) is 0.836. The molecule has 0 saturated heterocycles. The zero-order valence-electron chi connectivity index (χ0n) is 8.73. The van der Waals surface area contributed by atoms with Crippen molar-refractivity contribution in [1.82, 2.24) is 0 Å². The van der Waals surface area contributed by atoms with Crippen LogP contribution in [0.15, 0.2) is 0 Å². The van der Waals surface area contributed by atoms with E-state index in [1.807, 2.05) is 27.7 Å². The van der Waals surface area contributed by atoms with Crippen molar-refractivity contribution in [2.24, 2.45) is 0 Å². The first-order valence-electron chi connectivity index (χ1n) is 4.57. The fourth-order valence-electron chi connectivity index (χ4n) is 0.836. The van der Waals surface area contributed by atoms with Gasteiger partial charge in [-0.15, -0.1) is 0 Å². The Morgan fingerprint density at radius 3 is 1.62 bits per heavy atom. The molecule has 0 bridgehead atoms. The van der Waals surface area contributed by atoms with Crippen LogP contribution in [0.5, 0.6) is 0 Å². The molecule has 0 aromatic heterocycles. The normalized spacial score (nSPS) is 14.5. The second-order valence-electron chi connectivity index (χ2n) is 3.49. The summed E-state index contributed by atoms with van der Waals surface area (Å²) in [5, 5.41) is 18.0. The van der Waals surface area contributed by atoms with Gasteiger partial charge in [0, 0.05) is 0 Å². The van der Waals surface area contributed by atoms with Gasteiger partial charge in [0.15, 0.2) is 6.29 Å².